The molecule has 25 heavy (non-hydrogen) atoms. The first kappa shape index (κ1) is 18.8. The van der Waals surface area contributed by atoms with E-state index in [1.807, 2.05) is 0 Å². The number of benzene rings is 1. The van der Waals surface area contributed by atoms with Crippen molar-refractivity contribution in [2.45, 2.75) is 26.3 Å². The Labute approximate surface area is 157 Å². The highest BCUT2D eigenvalue weighted by Crippen LogP contribution is 2.13. The minimum absolute atomic E-state index is 0.539. The molecule has 3 nitrogen and oxygen atoms in total. The maximum atomic E-state index is 3.67. The Morgan fingerprint density at radius 1 is 1.04 bits per heavy atom. The quantitative estimate of drug-likeness (QED) is 0.832. The normalized spacial score (nSPS) is 22.4. The van der Waals surface area contributed by atoms with Gasteiger partial charge in [0.2, 0.25) is 0 Å². The number of hydrogen-bond acceptors (Lipinski definition) is 4. The molecule has 2 aliphatic rings. The molecule has 4 heteroatoms. The molecule has 0 radical (unpaired) electrons. The SMILES string of the molecule is Cc1ccc(CC2CN(CC#CCN3CCSCC3)CCN2)cc1C. The Bertz CT molecular complexity index is 613. The summed E-state index contributed by atoms with van der Waals surface area (Å²) in [7, 11) is 0. The van der Waals surface area contributed by atoms with Gasteiger partial charge in [0, 0.05) is 50.3 Å². The summed E-state index contributed by atoms with van der Waals surface area (Å²) in [4.78, 5) is 4.98. The topological polar surface area (TPSA) is 18.5 Å². The third-order valence-corrected chi connectivity index (χ3v) is 6.17. The van der Waals surface area contributed by atoms with Gasteiger partial charge in [0.15, 0.2) is 0 Å². The van der Waals surface area contributed by atoms with Crippen molar-refractivity contribution in [3.8, 4) is 11.8 Å². The maximum absolute atomic E-state index is 3.67. The van der Waals surface area contributed by atoms with Crippen LogP contribution < -0.4 is 5.32 Å². The van der Waals surface area contributed by atoms with Crippen molar-refractivity contribution < 1.29 is 0 Å². The van der Waals surface area contributed by atoms with Gasteiger partial charge < -0.3 is 5.32 Å². The molecule has 1 atom stereocenters. The van der Waals surface area contributed by atoms with Crippen molar-refractivity contribution in [2.24, 2.45) is 0 Å². The van der Waals surface area contributed by atoms with E-state index in [-0.39, 0.29) is 0 Å². The van der Waals surface area contributed by atoms with E-state index in [1.54, 1.807) is 0 Å². The number of aryl methyl sites for hydroxylation is 2. The molecule has 0 amide bonds. The molecule has 0 aliphatic carbocycles. The van der Waals surface area contributed by atoms with Crippen LogP contribution in [0.2, 0.25) is 0 Å². The first-order valence-electron chi connectivity index (χ1n) is 9.48. The van der Waals surface area contributed by atoms with Crippen molar-refractivity contribution in [3.05, 3.63) is 34.9 Å². The smallest absolute Gasteiger partial charge is 0.0603 e. The fraction of sp³-hybridized carbons (Fsp3) is 0.619. The molecule has 3 rings (SSSR count). The molecule has 2 saturated heterocycles. The van der Waals surface area contributed by atoms with Crippen LogP contribution in [-0.2, 0) is 6.42 Å². The summed E-state index contributed by atoms with van der Waals surface area (Å²) in [5.74, 6) is 9.32. The number of rotatable bonds is 4. The summed E-state index contributed by atoms with van der Waals surface area (Å²) in [5.41, 5.74) is 4.22. The van der Waals surface area contributed by atoms with Crippen molar-refractivity contribution in [3.63, 3.8) is 0 Å². The molecule has 0 aromatic heterocycles. The van der Waals surface area contributed by atoms with Gasteiger partial charge in [-0.1, -0.05) is 30.0 Å². The lowest BCUT2D eigenvalue weighted by molar-refractivity contribution is 0.220. The summed E-state index contributed by atoms with van der Waals surface area (Å²) >= 11 is 2.06. The number of nitrogens with zero attached hydrogens (tertiary/aromatic N) is 2. The molecule has 2 fully saturated rings. The van der Waals surface area contributed by atoms with Gasteiger partial charge in [-0.2, -0.15) is 11.8 Å². The zero-order valence-corrected chi connectivity index (χ0v) is 16.5. The summed E-state index contributed by atoms with van der Waals surface area (Å²) in [6, 6.07) is 7.40. The standard InChI is InChI=1S/C21H31N3S/c1-18-5-6-20(15-19(18)2)16-21-17-24(10-7-22-21)9-4-3-8-23-11-13-25-14-12-23/h5-6,15,21-22H,7-14,16-17H2,1-2H3. The molecule has 136 valence electrons. The summed E-state index contributed by atoms with van der Waals surface area (Å²) < 4.78 is 0. The highest BCUT2D eigenvalue weighted by molar-refractivity contribution is 7.99. The van der Waals surface area contributed by atoms with Crippen molar-refractivity contribution in [1.29, 1.82) is 0 Å². The minimum atomic E-state index is 0.539. The fourth-order valence-electron chi connectivity index (χ4n) is 3.48. The molecule has 2 heterocycles. The molecule has 0 spiro atoms. The average molecular weight is 358 g/mol. The predicted molar refractivity (Wildman–Crippen MR) is 109 cm³/mol. The van der Waals surface area contributed by atoms with Gasteiger partial charge in [0.25, 0.3) is 0 Å². The summed E-state index contributed by atoms with van der Waals surface area (Å²) in [6.45, 7) is 11.9. The summed E-state index contributed by atoms with van der Waals surface area (Å²) in [5, 5.41) is 3.67. The van der Waals surface area contributed by atoms with Gasteiger partial charge in [-0.25, -0.2) is 0 Å². The first-order chi connectivity index (χ1) is 12.2. The van der Waals surface area contributed by atoms with Crippen LogP contribution in [0, 0.1) is 25.7 Å². The van der Waals surface area contributed by atoms with Crippen LogP contribution in [0.4, 0.5) is 0 Å². The predicted octanol–water partition coefficient (Wildman–Crippen LogP) is 2.17. The van der Waals surface area contributed by atoms with E-state index >= 15 is 0 Å². The molecule has 1 aromatic carbocycles. The molecule has 2 aliphatic heterocycles. The molecule has 0 bridgehead atoms. The van der Waals surface area contributed by atoms with Crippen LogP contribution in [0.15, 0.2) is 18.2 Å². The minimum Gasteiger partial charge on any atom is -0.311 e. The average Bonchev–Trinajstić information content (AvgIpc) is 2.63. The van der Waals surface area contributed by atoms with E-state index in [1.165, 1.54) is 41.3 Å². The molecular formula is C21H31N3S. The van der Waals surface area contributed by atoms with Gasteiger partial charge >= 0.3 is 0 Å². The van der Waals surface area contributed by atoms with Crippen molar-refractivity contribution >= 4 is 11.8 Å². The highest BCUT2D eigenvalue weighted by Gasteiger charge is 2.18. The van der Waals surface area contributed by atoms with Crippen molar-refractivity contribution in [2.75, 3.05) is 57.3 Å². The second-order valence-electron chi connectivity index (χ2n) is 7.25. The van der Waals surface area contributed by atoms with Crippen LogP contribution in [-0.4, -0.2) is 73.2 Å². The third kappa shape index (κ3) is 6.04. The maximum Gasteiger partial charge on any atom is 0.0603 e. The fourth-order valence-corrected chi connectivity index (χ4v) is 4.46. The lowest BCUT2D eigenvalue weighted by Crippen LogP contribution is -2.51. The van der Waals surface area contributed by atoms with Crippen molar-refractivity contribution in [1.82, 2.24) is 15.1 Å². The zero-order valence-electron chi connectivity index (χ0n) is 15.7. The number of nitrogens with one attached hydrogen (secondary N) is 1. The zero-order chi connectivity index (χ0) is 17.5. The number of hydrogen-bond donors (Lipinski definition) is 1. The van der Waals surface area contributed by atoms with E-state index in [0.29, 0.717) is 6.04 Å². The van der Waals surface area contributed by atoms with Gasteiger partial charge in [0.05, 0.1) is 13.1 Å². The Hall–Kier alpha value is -0.990. The van der Waals surface area contributed by atoms with Crippen LogP contribution in [0.25, 0.3) is 0 Å². The van der Waals surface area contributed by atoms with E-state index in [2.05, 4.69) is 70.8 Å². The first-order valence-corrected chi connectivity index (χ1v) is 10.6. The van der Waals surface area contributed by atoms with E-state index < -0.39 is 0 Å². The molecular weight excluding hydrogens is 326 g/mol. The van der Waals surface area contributed by atoms with E-state index in [0.717, 1.165) is 39.1 Å². The molecule has 1 unspecified atom stereocenters. The number of piperazine rings is 1. The largest absolute Gasteiger partial charge is 0.311 e. The van der Waals surface area contributed by atoms with Gasteiger partial charge in [-0.15, -0.1) is 0 Å². The molecule has 0 saturated carbocycles. The van der Waals surface area contributed by atoms with E-state index in [4.69, 9.17) is 0 Å². The second-order valence-corrected chi connectivity index (χ2v) is 8.48. The second kappa shape index (κ2) is 9.64. The highest BCUT2D eigenvalue weighted by atomic mass is 32.2. The Morgan fingerprint density at radius 2 is 1.80 bits per heavy atom. The monoisotopic (exact) mass is 357 g/mol. The number of thioether (sulfide) groups is 1. The molecule has 1 N–H and O–H groups in total. The third-order valence-electron chi connectivity index (χ3n) is 5.23. The van der Waals surface area contributed by atoms with E-state index in [9.17, 15) is 0 Å². The van der Waals surface area contributed by atoms with Gasteiger partial charge in [-0.05, 0) is 37.0 Å². The van der Waals surface area contributed by atoms with Gasteiger partial charge in [-0.3, -0.25) is 9.80 Å². The van der Waals surface area contributed by atoms with Crippen LogP contribution in [0.3, 0.4) is 0 Å². The van der Waals surface area contributed by atoms with Crippen LogP contribution in [0.5, 0.6) is 0 Å². The van der Waals surface area contributed by atoms with Crippen LogP contribution >= 0.6 is 11.8 Å². The Balaban J connectivity index is 1.43. The van der Waals surface area contributed by atoms with Gasteiger partial charge in [0.1, 0.15) is 0 Å². The van der Waals surface area contributed by atoms with Crippen LogP contribution in [0.1, 0.15) is 16.7 Å². The lowest BCUT2D eigenvalue weighted by atomic mass is 10.00. The summed E-state index contributed by atoms with van der Waals surface area (Å²) in [6.07, 6.45) is 1.11. The molecule has 1 aromatic rings. The Kier molecular flexibility index (Phi) is 7.24. The lowest BCUT2D eigenvalue weighted by Gasteiger charge is -2.32. The Morgan fingerprint density at radius 3 is 2.56 bits per heavy atom.